The van der Waals surface area contributed by atoms with Crippen LogP contribution in [0.25, 0.3) is 16.6 Å². The number of anilines is 1. The molecular weight excluding hydrogens is 475 g/mol. The van der Waals surface area contributed by atoms with Crippen molar-refractivity contribution in [3.05, 3.63) is 82.8 Å². The summed E-state index contributed by atoms with van der Waals surface area (Å²) in [4.78, 5) is 11.7. The Hall–Kier alpha value is -3.76. The number of carboxylic acids is 1. The number of rotatable bonds is 6. The van der Waals surface area contributed by atoms with E-state index in [0.717, 1.165) is 23.5 Å². The summed E-state index contributed by atoms with van der Waals surface area (Å²) in [5, 5.41) is 14.3. The molecule has 0 fully saturated rings. The lowest BCUT2D eigenvalue weighted by Crippen LogP contribution is -2.40. The van der Waals surface area contributed by atoms with Crippen molar-refractivity contribution >= 4 is 22.7 Å². The van der Waals surface area contributed by atoms with Crippen molar-refractivity contribution in [2.24, 2.45) is 0 Å². The Morgan fingerprint density at radius 3 is 2.44 bits per heavy atom. The quantitative estimate of drug-likeness (QED) is 0.361. The van der Waals surface area contributed by atoms with Gasteiger partial charge in [-0.3, -0.25) is 9.58 Å². The number of alkyl halides is 3. The molecule has 2 aromatic heterocycles. The van der Waals surface area contributed by atoms with Crippen LogP contribution in [0.4, 0.5) is 19.0 Å². The number of furan rings is 1. The molecular formula is C26H24F3N3O4. The first-order chi connectivity index (χ1) is 17.1. The molecule has 0 aliphatic carbocycles. The number of aromatic carboxylic acids is 1. The number of hydrogen-bond acceptors (Lipinski definition) is 5. The highest BCUT2D eigenvalue weighted by atomic mass is 19.4. The van der Waals surface area contributed by atoms with Gasteiger partial charge >= 0.3 is 12.1 Å². The highest BCUT2D eigenvalue weighted by Crippen LogP contribution is 2.45. The first kappa shape index (κ1) is 24.0. The third-order valence-electron chi connectivity index (χ3n) is 6.43. The van der Waals surface area contributed by atoms with E-state index in [1.807, 2.05) is 40.7 Å². The second kappa shape index (κ2) is 8.72. The van der Waals surface area contributed by atoms with Gasteiger partial charge in [0.25, 0.3) is 0 Å². The molecule has 1 aliphatic rings. The highest BCUT2D eigenvalue weighted by molar-refractivity contribution is 5.98. The van der Waals surface area contributed by atoms with E-state index in [4.69, 9.17) is 9.15 Å². The maximum Gasteiger partial charge on any atom is 0.416 e. The third-order valence-corrected chi connectivity index (χ3v) is 6.43. The zero-order valence-electron chi connectivity index (χ0n) is 19.8. The van der Waals surface area contributed by atoms with Gasteiger partial charge in [0, 0.05) is 37.3 Å². The monoisotopic (exact) mass is 499 g/mol. The van der Waals surface area contributed by atoms with E-state index >= 15 is 0 Å². The summed E-state index contributed by atoms with van der Waals surface area (Å²) in [6.45, 7) is 2.59. The van der Waals surface area contributed by atoms with Crippen LogP contribution in [0.5, 0.6) is 0 Å². The number of hydrogen-bond donors (Lipinski definition) is 1. The molecule has 188 valence electrons. The minimum absolute atomic E-state index is 0.131. The Balaban J connectivity index is 1.76. The van der Waals surface area contributed by atoms with Gasteiger partial charge in [0.05, 0.1) is 23.3 Å². The van der Waals surface area contributed by atoms with Crippen molar-refractivity contribution < 1.29 is 32.2 Å². The number of benzene rings is 2. The molecule has 1 N–H and O–H groups in total. The summed E-state index contributed by atoms with van der Waals surface area (Å²) < 4.78 is 53.1. The number of methoxy groups -OCH3 is 1. The van der Waals surface area contributed by atoms with Crippen LogP contribution in [-0.2, 0) is 17.5 Å². The van der Waals surface area contributed by atoms with Gasteiger partial charge in [-0.15, -0.1) is 0 Å². The molecule has 0 amide bonds. The Morgan fingerprint density at radius 1 is 1.14 bits per heavy atom. The largest absolute Gasteiger partial charge is 0.478 e. The molecule has 36 heavy (non-hydrogen) atoms. The van der Waals surface area contributed by atoms with Gasteiger partial charge in [0.2, 0.25) is 0 Å². The van der Waals surface area contributed by atoms with E-state index in [1.54, 1.807) is 19.2 Å². The van der Waals surface area contributed by atoms with Crippen LogP contribution in [-0.4, -0.2) is 41.4 Å². The number of hydrazine groups is 1. The summed E-state index contributed by atoms with van der Waals surface area (Å²) in [5.41, 5.74) is 1.45. The average molecular weight is 499 g/mol. The minimum Gasteiger partial charge on any atom is -0.478 e. The number of carbonyl (C=O) groups is 1. The molecule has 0 radical (unpaired) electrons. The predicted molar refractivity (Wildman–Crippen MR) is 127 cm³/mol. The third kappa shape index (κ3) is 3.92. The molecule has 2 aromatic carbocycles. The van der Waals surface area contributed by atoms with Crippen LogP contribution in [0.3, 0.4) is 0 Å². The average Bonchev–Trinajstić information content (AvgIpc) is 3.49. The van der Waals surface area contributed by atoms with Gasteiger partial charge in [-0.2, -0.15) is 13.2 Å². The summed E-state index contributed by atoms with van der Waals surface area (Å²) in [5.74, 6) is 1.07. The Kier molecular flexibility index (Phi) is 5.80. The second-order valence-electron chi connectivity index (χ2n) is 8.80. The van der Waals surface area contributed by atoms with Crippen molar-refractivity contribution in [1.29, 1.82) is 0 Å². The SMILES string of the molecule is COCC(c1ccc(C)o1)N1c2c(c3cc(C(=O)O)ccc3n2-c2ccc(C(F)(F)F)cc2)CN1C. The van der Waals surface area contributed by atoms with Crippen molar-refractivity contribution in [3.8, 4) is 5.69 Å². The maximum atomic E-state index is 13.2. The fraction of sp³-hybridized carbons (Fsp3) is 0.269. The van der Waals surface area contributed by atoms with Crippen molar-refractivity contribution in [3.63, 3.8) is 0 Å². The Morgan fingerprint density at radius 2 is 1.86 bits per heavy atom. The fourth-order valence-corrected chi connectivity index (χ4v) is 4.85. The lowest BCUT2D eigenvalue weighted by Gasteiger charge is -2.34. The van der Waals surface area contributed by atoms with Crippen LogP contribution in [0, 0.1) is 6.92 Å². The van der Waals surface area contributed by atoms with Gasteiger partial charge in [0.1, 0.15) is 23.4 Å². The molecule has 3 heterocycles. The molecule has 1 unspecified atom stereocenters. The van der Waals surface area contributed by atoms with E-state index in [0.29, 0.717) is 34.7 Å². The van der Waals surface area contributed by atoms with E-state index in [2.05, 4.69) is 0 Å². The van der Waals surface area contributed by atoms with Crippen LogP contribution in [0.1, 0.15) is 39.0 Å². The summed E-state index contributed by atoms with van der Waals surface area (Å²) in [6, 6.07) is 13.1. The lowest BCUT2D eigenvalue weighted by atomic mass is 10.1. The summed E-state index contributed by atoms with van der Waals surface area (Å²) in [6.07, 6.45) is -4.46. The molecule has 7 nitrogen and oxygen atoms in total. The van der Waals surface area contributed by atoms with Crippen LogP contribution >= 0.6 is 0 Å². The number of nitrogens with zero attached hydrogens (tertiary/aromatic N) is 3. The Bertz CT molecular complexity index is 1440. The Labute approximate surface area is 204 Å². The van der Waals surface area contributed by atoms with Crippen molar-refractivity contribution in [2.75, 3.05) is 25.8 Å². The van der Waals surface area contributed by atoms with Crippen molar-refractivity contribution in [1.82, 2.24) is 9.58 Å². The number of aromatic nitrogens is 1. The van der Waals surface area contributed by atoms with Gasteiger partial charge in [-0.25, -0.2) is 9.80 Å². The molecule has 4 aromatic rings. The van der Waals surface area contributed by atoms with E-state index in [9.17, 15) is 23.1 Å². The maximum absolute atomic E-state index is 13.2. The smallest absolute Gasteiger partial charge is 0.416 e. The molecule has 5 rings (SSSR count). The van der Waals surface area contributed by atoms with Crippen LogP contribution in [0.15, 0.2) is 59.0 Å². The number of ether oxygens (including phenoxy) is 1. The molecule has 0 saturated carbocycles. The molecule has 0 spiro atoms. The zero-order valence-corrected chi connectivity index (χ0v) is 19.8. The first-order valence-corrected chi connectivity index (χ1v) is 11.2. The van der Waals surface area contributed by atoms with Crippen LogP contribution in [0.2, 0.25) is 0 Å². The number of fused-ring (bicyclic) bond motifs is 3. The summed E-state index contributed by atoms with van der Waals surface area (Å²) >= 11 is 0. The topological polar surface area (TPSA) is 71.1 Å². The first-order valence-electron chi connectivity index (χ1n) is 11.2. The zero-order chi connectivity index (χ0) is 25.8. The summed E-state index contributed by atoms with van der Waals surface area (Å²) in [7, 11) is 3.48. The standard InChI is InChI=1S/C26H24F3N3O4/c1-15-4-11-23(36-15)22(14-35-3)32-24-20(13-30(32)2)19-12-16(25(33)34)5-10-21(19)31(24)18-8-6-17(7-9-18)26(27,28)29/h4-12,22H,13-14H2,1-3H3,(H,33,34). The van der Waals surface area contributed by atoms with E-state index < -0.39 is 17.7 Å². The van der Waals surface area contributed by atoms with Gasteiger partial charge in [-0.05, 0) is 61.5 Å². The molecule has 0 saturated heterocycles. The van der Waals surface area contributed by atoms with E-state index in [1.165, 1.54) is 18.2 Å². The normalized spacial score (nSPS) is 15.0. The van der Waals surface area contributed by atoms with Gasteiger partial charge < -0.3 is 14.3 Å². The minimum atomic E-state index is -4.46. The fourth-order valence-electron chi connectivity index (χ4n) is 4.85. The van der Waals surface area contributed by atoms with Gasteiger partial charge in [-0.1, -0.05) is 0 Å². The predicted octanol–water partition coefficient (Wildman–Crippen LogP) is 5.80. The molecule has 1 aliphatic heterocycles. The number of aryl methyl sites for hydroxylation is 1. The number of halogens is 3. The molecule has 0 bridgehead atoms. The van der Waals surface area contributed by atoms with Gasteiger partial charge in [0.15, 0.2) is 0 Å². The second-order valence-corrected chi connectivity index (χ2v) is 8.80. The lowest BCUT2D eigenvalue weighted by molar-refractivity contribution is -0.137. The molecule has 10 heteroatoms. The van der Waals surface area contributed by atoms with Crippen LogP contribution < -0.4 is 5.01 Å². The van der Waals surface area contributed by atoms with E-state index in [-0.39, 0.29) is 18.2 Å². The highest BCUT2D eigenvalue weighted by Gasteiger charge is 2.39. The molecule has 1 atom stereocenters. The van der Waals surface area contributed by atoms with Crippen molar-refractivity contribution in [2.45, 2.75) is 25.7 Å². The number of carboxylic acid groups (broad SMARTS) is 1.